The Balaban J connectivity index is 3.85. The highest BCUT2D eigenvalue weighted by molar-refractivity contribution is 5.80. The minimum atomic E-state index is -1.24. The minimum Gasteiger partial charge on any atom is -0.481 e. The lowest BCUT2D eigenvalue weighted by Gasteiger charge is -2.08. The van der Waals surface area contributed by atoms with E-state index in [0.29, 0.717) is 0 Å². The van der Waals surface area contributed by atoms with Crippen molar-refractivity contribution in [1.82, 2.24) is 0 Å². The van der Waals surface area contributed by atoms with Crippen LogP contribution in [-0.4, -0.2) is 34.7 Å². The van der Waals surface area contributed by atoms with Crippen LogP contribution in [0, 0.1) is 5.92 Å². The molecule has 0 saturated carbocycles. The van der Waals surface area contributed by atoms with Crippen molar-refractivity contribution in [3.05, 3.63) is 12.7 Å². The van der Waals surface area contributed by atoms with E-state index in [4.69, 9.17) is 10.2 Å². The Kier molecular flexibility index (Phi) is 6.53. The van der Waals surface area contributed by atoms with Gasteiger partial charge in [0.05, 0.1) is 18.9 Å². The maximum Gasteiger partial charge on any atom is 0.365 e. The van der Waals surface area contributed by atoms with Gasteiger partial charge >= 0.3 is 17.9 Å². The van der Waals surface area contributed by atoms with Crippen molar-refractivity contribution in [2.24, 2.45) is 5.92 Å². The third-order valence-electron chi connectivity index (χ3n) is 1.63. The molecule has 90 valence electrons. The lowest BCUT2D eigenvalue weighted by Crippen LogP contribution is -2.20. The second kappa shape index (κ2) is 7.41. The first kappa shape index (κ1) is 14.1. The predicted octanol–water partition coefficient (Wildman–Crippen LogP) is 0.213. The van der Waals surface area contributed by atoms with Gasteiger partial charge in [0.15, 0.2) is 0 Å². The van der Waals surface area contributed by atoms with Gasteiger partial charge in [0.25, 0.3) is 0 Å². The van der Waals surface area contributed by atoms with Crippen LogP contribution in [-0.2, 0) is 24.2 Å². The zero-order valence-corrected chi connectivity index (χ0v) is 8.42. The van der Waals surface area contributed by atoms with Gasteiger partial charge in [-0.15, -0.1) is 0 Å². The molecule has 0 saturated heterocycles. The Bertz CT molecular complexity index is 284. The molecule has 0 rings (SSSR count). The molecule has 0 aliphatic rings. The molecule has 16 heavy (non-hydrogen) atoms. The number of hydrogen-bond acceptors (Lipinski definition) is 5. The number of aliphatic carboxylic acids is 2. The van der Waals surface area contributed by atoms with E-state index in [-0.39, 0.29) is 13.0 Å². The summed E-state index contributed by atoms with van der Waals surface area (Å²) in [6.07, 6.45) is 0.312. The quantitative estimate of drug-likeness (QED) is 0.266. The van der Waals surface area contributed by atoms with Crippen LogP contribution in [0.25, 0.3) is 0 Å². The van der Waals surface area contributed by atoms with E-state index in [1.807, 2.05) is 0 Å². The summed E-state index contributed by atoms with van der Waals surface area (Å²) in [5, 5.41) is 17.0. The normalized spacial score (nSPS) is 11.5. The molecule has 0 heterocycles. The Morgan fingerprint density at radius 1 is 1.31 bits per heavy atom. The number of carbonyl (C=O) groups is 3. The summed E-state index contributed by atoms with van der Waals surface area (Å²) in [5.41, 5.74) is 0. The van der Waals surface area contributed by atoms with E-state index in [1.54, 1.807) is 0 Å². The Hall–Kier alpha value is -1.89. The molecule has 0 bridgehead atoms. The largest absolute Gasteiger partial charge is 0.481 e. The maximum absolute atomic E-state index is 10.6. The fraction of sp³-hybridized carbons (Fsp3) is 0.444. The fourth-order valence-corrected chi connectivity index (χ4v) is 0.848. The first-order valence-corrected chi connectivity index (χ1v) is 4.37. The molecule has 1 unspecified atom stereocenters. The Labute approximate surface area is 91.2 Å². The smallest absolute Gasteiger partial charge is 0.365 e. The van der Waals surface area contributed by atoms with Crippen LogP contribution in [0.2, 0.25) is 0 Å². The second-order valence-corrected chi connectivity index (χ2v) is 2.85. The van der Waals surface area contributed by atoms with Crippen LogP contribution in [0.1, 0.15) is 12.8 Å². The van der Waals surface area contributed by atoms with Crippen LogP contribution in [0.3, 0.4) is 0 Å². The molecule has 0 fully saturated rings. The van der Waals surface area contributed by atoms with E-state index in [9.17, 15) is 14.4 Å². The summed E-state index contributed by atoms with van der Waals surface area (Å²) < 4.78 is 0. The van der Waals surface area contributed by atoms with Crippen molar-refractivity contribution in [1.29, 1.82) is 0 Å². The summed E-state index contributed by atoms with van der Waals surface area (Å²) in [6.45, 7) is 2.93. The van der Waals surface area contributed by atoms with E-state index < -0.39 is 30.2 Å². The van der Waals surface area contributed by atoms with Crippen LogP contribution in [0.4, 0.5) is 0 Å². The van der Waals surface area contributed by atoms with Crippen molar-refractivity contribution in [3.8, 4) is 0 Å². The van der Waals surface area contributed by atoms with Gasteiger partial charge < -0.3 is 10.2 Å². The number of carbonyl (C=O) groups excluding carboxylic acids is 1. The molecule has 1 atom stereocenters. The summed E-state index contributed by atoms with van der Waals surface area (Å²) in [6, 6.07) is 0. The number of hydrogen-bond donors (Lipinski definition) is 2. The molecule has 0 aliphatic carbocycles. The van der Waals surface area contributed by atoms with Crippen LogP contribution >= 0.6 is 0 Å². The van der Waals surface area contributed by atoms with Crippen molar-refractivity contribution in [2.45, 2.75) is 12.8 Å². The number of carboxylic acid groups (broad SMARTS) is 2. The molecule has 7 nitrogen and oxygen atoms in total. The molecular weight excluding hydrogens is 220 g/mol. The fourth-order valence-electron chi connectivity index (χ4n) is 0.848. The number of rotatable bonds is 8. The Morgan fingerprint density at radius 2 is 1.94 bits per heavy atom. The predicted molar refractivity (Wildman–Crippen MR) is 50.2 cm³/mol. The van der Waals surface area contributed by atoms with E-state index >= 15 is 0 Å². The van der Waals surface area contributed by atoms with Gasteiger partial charge in [0.2, 0.25) is 0 Å². The first-order chi connectivity index (χ1) is 7.47. The topological polar surface area (TPSA) is 110 Å². The monoisotopic (exact) mass is 232 g/mol. The summed E-state index contributed by atoms with van der Waals surface area (Å²) in [5.74, 6) is -4.32. The second-order valence-electron chi connectivity index (χ2n) is 2.85. The van der Waals surface area contributed by atoms with Crippen LogP contribution in [0.15, 0.2) is 12.7 Å². The summed E-state index contributed by atoms with van der Waals surface area (Å²) in [7, 11) is 0. The van der Waals surface area contributed by atoms with Gasteiger partial charge in [0, 0.05) is 6.08 Å². The van der Waals surface area contributed by atoms with Gasteiger partial charge in [-0.2, -0.15) is 4.89 Å². The van der Waals surface area contributed by atoms with Crippen LogP contribution < -0.4 is 0 Å². The standard InChI is InChI=1S/C9H12O7/c1-2-8(12)16-15-4-3-6(9(13)14)5-7(10)11/h2,6H,1,3-5H2,(H,10,11)(H,13,14). The van der Waals surface area contributed by atoms with Gasteiger partial charge in [-0.3, -0.25) is 14.5 Å². The lowest BCUT2D eigenvalue weighted by atomic mass is 10.0. The average Bonchev–Trinajstić information content (AvgIpc) is 2.21. The van der Waals surface area contributed by atoms with Gasteiger partial charge in [0.1, 0.15) is 0 Å². The molecule has 0 spiro atoms. The molecule has 0 radical (unpaired) electrons. The molecular formula is C9H12O7. The van der Waals surface area contributed by atoms with E-state index in [2.05, 4.69) is 16.4 Å². The minimum absolute atomic E-state index is 0.0634. The molecule has 7 heteroatoms. The zero-order valence-electron chi connectivity index (χ0n) is 8.42. The summed E-state index contributed by atoms with van der Waals surface area (Å²) >= 11 is 0. The highest BCUT2D eigenvalue weighted by atomic mass is 17.2. The first-order valence-electron chi connectivity index (χ1n) is 4.37. The number of carboxylic acids is 2. The van der Waals surface area contributed by atoms with Crippen LogP contribution in [0.5, 0.6) is 0 Å². The van der Waals surface area contributed by atoms with Crippen molar-refractivity contribution < 1.29 is 34.4 Å². The average molecular weight is 232 g/mol. The van der Waals surface area contributed by atoms with Gasteiger partial charge in [-0.1, -0.05) is 6.58 Å². The van der Waals surface area contributed by atoms with Gasteiger partial charge in [-0.05, 0) is 6.42 Å². The molecule has 0 amide bonds. The van der Waals surface area contributed by atoms with E-state index in [1.165, 1.54) is 0 Å². The Morgan fingerprint density at radius 3 is 2.38 bits per heavy atom. The van der Waals surface area contributed by atoms with E-state index in [0.717, 1.165) is 6.08 Å². The van der Waals surface area contributed by atoms with Crippen molar-refractivity contribution in [3.63, 3.8) is 0 Å². The third kappa shape index (κ3) is 6.55. The zero-order chi connectivity index (χ0) is 12.6. The van der Waals surface area contributed by atoms with Gasteiger partial charge in [-0.25, -0.2) is 4.79 Å². The summed E-state index contributed by atoms with van der Waals surface area (Å²) in [4.78, 5) is 39.9. The highest BCUT2D eigenvalue weighted by Crippen LogP contribution is 2.09. The molecule has 0 aromatic carbocycles. The maximum atomic E-state index is 10.6. The molecule has 2 N–H and O–H groups in total. The molecule has 0 aromatic rings. The lowest BCUT2D eigenvalue weighted by molar-refractivity contribution is -0.268. The SMILES string of the molecule is C=CC(=O)OOCCC(CC(=O)O)C(=O)O. The molecule has 0 aromatic heterocycles. The highest BCUT2D eigenvalue weighted by Gasteiger charge is 2.20. The molecule has 0 aliphatic heterocycles. The van der Waals surface area contributed by atoms with Crippen molar-refractivity contribution >= 4 is 17.9 Å². The third-order valence-corrected chi connectivity index (χ3v) is 1.63. The van der Waals surface area contributed by atoms with Crippen molar-refractivity contribution in [2.75, 3.05) is 6.61 Å².